The fourth-order valence-electron chi connectivity index (χ4n) is 1.83. The lowest BCUT2D eigenvalue weighted by molar-refractivity contribution is 0.187. The van der Waals surface area contributed by atoms with Gasteiger partial charge in [0.05, 0.1) is 12.3 Å². The Morgan fingerprint density at radius 3 is 2.74 bits per heavy atom. The minimum Gasteiger partial charge on any atom is -0.383 e. The van der Waals surface area contributed by atoms with Gasteiger partial charge in [-0.1, -0.05) is 12.1 Å². The van der Waals surface area contributed by atoms with Crippen LogP contribution in [-0.2, 0) is 17.8 Å². The van der Waals surface area contributed by atoms with Gasteiger partial charge < -0.3 is 14.6 Å². The highest BCUT2D eigenvalue weighted by Crippen LogP contribution is 2.11. The Morgan fingerprint density at radius 2 is 2.05 bits per heavy atom. The van der Waals surface area contributed by atoms with Gasteiger partial charge in [0.25, 0.3) is 0 Å². The molecule has 1 heterocycles. The van der Waals surface area contributed by atoms with Gasteiger partial charge in [0, 0.05) is 26.4 Å². The number of hydrogen-bond donors (Lipinski definition) is 1. The van der Waals surface area contributed by atoms with Crippen LogP contribution in [0.25, 0.3) is 0 Å². The van der Waals surface area contributed by atoms with Crippen molar-refractivity contribution < 1.29 is 9.13 Å². The number of methoxy groups -OCH3 is 1. The monoisotopic (exact) mass is 263 g/mol. The standard InChI is InChI=1S/C14H18FN3O/c1-11-10-18(7-8-19-2)14(17-11)16-9-12-3-5-13(15)6-4-12/h3-6,10H,7-9H2,1-2H3,(H,16,17). The number of nitrogens with one attached hydrogen (secondary N) is 1. The molecule has 0 aliphatic carbocycles. The second kappa shape index (κ2) is 6.33. The van der Waals surface area contributed by atoms with E-state index in [4.69, 9.17) is 4.74 Å². The Morgan fingerprint density at radius 1 is 1.32 bits per heavy atom. The van der Waals surface area contributed by atoms with Crippen molar-refractivity contribution in [1.82, 2.24) is 9.55 Å². The van der Waals surface area contributed by atoms with Crippen molar-refractivity contribution in [3.8, 4) is 0 Å². The predicted molar refractivity (Wildman–Crippen MR) is 72.6 cm³/mol. The Kier molecular flexibility index (Phi) is 4.52. The van der Waals surface area contributed by atoms with Crippen molar-refractivity contribution in [3.63, 3.8) is 0 Å². The highest BCUT2D eigenvalue weighted by molar-refractivity contribution is 5.31. The van der Waals surface area contributed by atoms with Crippen molar-refractivity contribution in [3.05, 3.63) is 47.5 Å². The molecule has 0 spiro atoms. The summed E-state index contributed by atoms with van der Waals surface area (Å²) in [6.07, 6.45) is 1.98. The SMILES string of the molecule is COCCn1cc(C)nc1NCc1ccc(F)cc1. The van der Waals surface area contributed by atoms with E-state index >= 15 is 0 Å². The molecule has 0 aliphatic heterocycles. The van der Waals surface area contributed by atoms with Crippen LogP contribution in [0.15, 0.2) is 30.5 Å². The van der Waals surface area contributed by atoms with Gasteiger partial charge in [0.1, 0.15) is 5.82 Å². The van der Waals surface area contributed by atoms with Crippen LogP contribution in [-0.4, -0.2) is 23.3 Å². The molecule has 0 bridgehead atoms. The van der Waals surface area contributed by atoms with Gasteiger partial charge in [-0.25, -0.2) is 9.37 Å². The van der Waals surface area contributed by atoms with Gasteiger partial charge in [-0.3, -0.25) is 0 Å². The van der Waals surface area contributed by atoms with Crippen molar-refractivity contribution in [2.75, 3.05) is 19.0 Å². The summed E-state index contributed by atoms with van der Waals surface area (Å²) in [5, 5.41) is 3.25. The van der Waals surface area contributed by atoms with Crippen molar-refractivity contribution in [1.29, 1.82) is 0 Å². The van der Waals surface area contributed by atoms with Crippen molar-refractivity contribution >= 4 is 5.95 Å². The third kappa shape index (κ3) is 3.79. The molecule has 0 unspecified atom stereocenters. The molecular weight excluding hydrogens is 245 g/mol. The number of benzene rings is 1. The zero-order valence-electron chi connectivity index (χ0n) is 11.2. The van der Waals surface area contributed by atoms with Gasteiger partial charge in [-0.15, -0.1) is 0 Å². The summed E-state index contributed by atoms with van der Waals surface area (Å²) in [7, 11) is 1.68. The third-order valence-electron chi connectivity index (χ3n) is 2.80. The van der Waals surface area contributed by atoms with Crippen LogP contribution in [0, 0.1) is 12.7 Å². The molecule has 0 saturated carbocycles. The molecule has 0 amide bonds. The van der Waals surface area contributed by atoms with Gasteiger partial charge in [0.15, 0.2) is 0 Å². The maximum atomic E-state index is 12.8. The van der Waals surface area contributed by atoms with E-state index < -0.39 is 0 Å². The molecule has 0 saturated heterocycles. The van der Waals surface area contributed by atoms with Crippen LogP contribution in [0.5, 0.6) is 0 Å². The molecule has 19 heavy (non-hydrogen) atoms. The maximum absolute atomic E-state index is 12.8. The lowest BCUT2D eigenvalue weighted by atomic mass is 10.2. The first kappa shape index (κ1) is 13.5. The average molecular weight is 263 g/mol. The second-order valence-electron chi connectivity index (χ2n) is 4.37. The molecule has 4 nitrogen and oxygen atoms in total. The molecule has 0 aliphatic rings. The van der Waals surface area contributed by atoms with Crippen LogP contribution in [0.4, 0.5) is 10.3 Å². The van der Waals surface area contributed by atoms with Gasteiger partial charge in [-0.05, 0) is 24.6 Å². The number of imidazole rings is 1. The fourth-order valence-corrected chi connectivity index (χ4v) is 1.83. The number of nitrogens with zero attached hydrogens (tertiary/aromatic N) is 2. The lowest BCUT2D eigenvalue weighted by Crippen LogP contribution is -2.10. The molecule has 1 N–H and O–H groups in total. The minimum atomic E-state index is -0.221. The molecule has 1 aromatic heterocycles. The highest BCUT2D eigenvalue weighted by Gasteiger charge is 2.05. The van der Waals surface area contributed by atoms with E-state index in [0.717, 1.165) is 23.8 Å². The zero-order valence-corrected chi connectivity index (χ0v) is 11.2. The van der Waals surface area contributed by atoms with E-state index in [1.807, 2.05) is 17.7 Å². The van der Waals surface area contributed by atoms with Gasteiger partial charge >= 0.3 is 0 Å². The van der Waals surface area contributed by atoms with Crippen LogP contribution in [0.2, 0.25) is 0 Å². The largest absolute Gasteiger partial charge is 0.383 e. The summed E-state index contributed by atoms with van der Waals surface area (Å²) < 4.78 is 19.9. The van der Waals surface area contributed by atoms with Crippen molar-refractivity contribution in [2.45, 2.75) is 20.0 Å². The quantitative estimate of drug-likeness (QED) is 0.870. The summed E-state index contributed by atoms with van der Waals surface area (Å²) in [5.74, 6) is 0.583. The summed E-state index contributed by atoms with van der Waals surface area (Å²) in [6, 6.07) is 6.44. The summed E-state index contributed by atoms with van der Waals surface area (Å²) >= 11 is 0. The maximum Gasteiger partial charge on any atom is 0.203 e. The van der Waals surface area contributed by atoms with Crippen LogP contribution in [0.1, 0.15) is 11.3 Å². The third-order valence-corrected chi connectivity index (χ3v) is 2.80. The fraction of sp³-hybridized carbons (Fsp3) is 0.357. The van der Waals surface area contributed by atoms with Crippen molar-refractivity contribution in [2.24, 2.45) is 0 Å². The number of anilines is 1. The van der Waals surface area contributed by atoms with E-state index in [0.29, 0.717) is 13.2 Å². The van der Waals surface area contributed by atoms with Crippen LogP contribution in [0.3, 0.4) is 0 Å². The van der Waals surface area contributed by atoms with E-state index in [-0.39, 0.29) is 5.82 Å². The molecule has 1 aromatic carbocycles. The first-order valence-corrected chi connectivity index (χ1v) is 6.20. The molecule has 0 radical (unpaired) electrons. The summed E-state index contributed by atoms with van der Waals surface area (Å²) in [5.41, 5.74) is 1.97. The van der Waals surface area contributed by atoms with Crippen LogP contribution >= 0.6 is 0 Å². The molecule has 2 rings (SSSR count). The first-order chi connectivity index (χ1) is 9.19. The number of ether oxygens (including phenoxy) is 1. The van der Waals surface area contributed by atoms with Gasteiger partial charge in [0.2, 0.25) is 5.95 Å². The average Bonchev–Trinajstić information content (AvgIpc) is 2.76. The first-order valence-electron chi connectivity index (χ1n) is 6.20. The number of rotatable bonds is 6. The lowest BCUT2D eigenvalue weighted by Gasteiger charge is -2.09. The molecule has 102 valence electrons. The Balaban J connectivity index is 2.00. The highest BCUT2D eigenvalue weighted by atomic mass is 19.1. The number of aromatic nitrogens is 2. The number of halogens is 1. The number of aryl methyl sites for hydroxylation is 1. The molecular formula is C14H18FN3O. The van der Waals surface area contributed by atoms with Crippen LogP contribution < -0.4 is 5.32 Å². The van der Waals surface area contributed by atoms with E-state index in [2.05, 4.69) is 10.3 Å². The topological polar surface area (TPSA) is 39.1 Å². The number of hydrogen-bond acceptors (Lipinski definition) is 3. The summed E-state index contributed by atoms with van der Waals surface area (Å²) in [6.45, 7) is 3.96. The normalized spacial score (nSPS) is 10.7. The van der Waals surface area contributed by atoms with E-state index in [9.17, 15) is 4.39 Å². The molecule has 2 aromatic rings. The van der Waals surface area contributed by atoms with E-state index in [1.54, 1.807) is 19.2 Å². The molecule has 5 heteroatoms. The predicted octanol–water partition coefficient (Wildman–Crippen LogP) is 2.59. The Bertz CT molecular complexity index is 522. The second-order valence-corrected chi connectivity index (χ2v) is 4.37. The van der Waals surface area contributed by atoms with Gasteiger partial charge in [-0.2, -0.15) is 0 Å². The molecule has 0 fully saturated rings. The minimum absolute atomic E-state index is 0.221. The Hall–Kier alpha value is -1.88. The van der Waals surface area contributed by atoms with E-state index in [1.165, 1.54) is 12.1 Å². The Labute approximate surface area is 112 Å². The summed E-state index contributed by atoms with van der Waals surface area (Å²) in [4.78, 5) is 4.42. The smallest absolute Gasteiger partial charge is 0.203 e. The zero-order chi connectivity index (χ0) is 13.7. The molecule has 0 atom stereocenters.